The van der Waals surface area contributed by atoms with Crippen LogP contribution < -0.4 is 23.0 Å². The molecule has 0 aromatic rings. The van der Waals surface area contributed by atoms with Crippen molar-refractivity contribution in [3.63, 3.8) is 0 Å². The zero-order chi connectivity index (χ0) is 4.71. The molecule has 0 rings (SSSR count). The first kappa shape index (κ1) is 17.0. The van der Waals surface area contributed by atoms with E-state index in [1.807, 2.05) is 0 Å². The predicted octanol–water partition coefficient (Wildman–Crippen LogP) is -2.93. The maximum atomic E-state index is 4.60. The van der Waals surface area contributed by atoms with Gasteiger partial charge in [-0.05, 0) is 7.05 Å². The third-order valence-electron chi connectivity index (χ3n) is 0. The summed E-state index contributed by atoms with van der Waals surface area (Å²) in [6.45, 7) is 0. The lowest BCUT2D eigenvalue weighted by Gasteiger charge is -1.62. The second-order valence-electron chi connectivity index (χ2n) is 0.289. The summed E-state index contributed by atoms with van der Waals surface area (Å²) in [6, 6.07) is 0. The van der Waals surface area contributed by atoms with Gasteiger partial charge < -0.3 is 5.48 Å². The van der Waals surface area contributed by atoms with E-state index >= 15 is 0 Å². The Kier molecular flexibility index (Phi) is 308. The van der Waals surface area contributed by atoms with Crippen molar-refractivity contribution in [3.05, 3.63) is 0 Å². The van der Waals surface area contributed by atoms with Crippen LogP contribution in [0.2, 0.25) is 0 Å². The third kappa shape index (κ3) is 745. The van der Waals surface area contributed by atoms with Crippen LogP contribution in [0.1, 0.15) is 0 Å². The van der Waals surface area contributed by atoms with Gasteiger partial charge in [-0.2, -0.15) is 0 Å². The van der Waals surface area contributed by atoms with Gasteiger partial charge in [0.05, 0.1) is 0 Å². The molecule has 0 aromatic carbocycles. The lowest BCUT2D eigenvalue weighted by atomic mass is 11.5. The average molecular weight is 96.1 g/mol. The second kappa shape index (κ2) is 108. The zero-order valence-electron chi connectivity index (χ0n) is 3.73. The van der Waals surface area contributed by atoms with E-state index in [4.69, 9.17) is 0 Å². The van der Waals surface area contributed by atoms with Crippen molar-refractivity contribution >= 4 is 0 Å². The van der Waals surface area contributed by atoms with Gasteiger partial charge in [-0.25, -0.2) is 0 Å². The van der Waals surface area contributed by atoms with Crippen LogP contribution in [-0.2, 0) is 0 Å². The summed E-state index contributed by atoms with van der Waals surface area (Å²) in [5, 5.41) is 0. The summed E-state index contributed by atoms with van der Waals surface area (Å²) >= 11 is 0. The van der Waals surface area contributed by atoms with Crippen molar-refractivity contribution < 1.29 is 5.48 Å². The van der Waals surface area contributed by atoms with E-state index in [1.54, 1.807) is 7.05 Å². The van der Waals surface area contributed by atoms with Gasteiger partial charge in [0, 0.05) is 0 Å². The molecule has 0 bridgehead atoms. The van der Waals surface area contributed by atoms with E-state index in [-0.39, 0.29) is 5.48 Å². The molecule has 5 heteroatoms. The normalized spacial score (nSPS) is 4.00. The highest BCUT2D eigenvalue weighted by Gasteiger charge is 1.22. The molecule has 42 valence electrons. The summed E-state index contributed by atoms with van der Waals surface area (Å²) in [4.78, 5) is 0. The third-order valence-corrected chi connectivity index (χ3v) is 0. The molecule has 9 N–H and O–H groups in total. The number of nitrogens with one attached hydrogen (secondary N) is 1. The molecule has 0 saturated heterocycles. The maximum Gasteiger partial charge on any atom is -0.00172 e. The van der Waals surface area contributed by atoms with Gasteiger partial charge in [0.2, 0.25) is 0 Å². The molecule has 0 saturated carbocycles. The molecule has 0 atom stereocenters. The Balaban J connectivity index is -0.0000000275. The minimum atomic E-state index is 0. The summed E-state index contributed by atoms with van der Waals surface area (Å²) < 4.78 is 0. The fourth-order valence-electron chi connectivity index (χ4n) is 0. The first-order chi connectivity index (χ1) is 2.41. The van der Waals surface area contributed by atoms with E-state index in [2.05, 4.69) is 23.0 Å². The Morgan fingerprint density at radius 2 is 1.33 bits per heavy atom. The molecule has 6 heavy (non-hydrogen) atoms. The molecule has 0 aliphatic carbocycles. The largest absolute Gasteiger partial charge is 0.412 e. The van der Waals surface area contributed by atoms with Gasteiger partial charge in [-0.3, -0.25) is 23.0 Å². The SMILES string of the molecule is CNN.NN.O. The summed E-state index contributed by atoms with van der Waals surface area (Å²) in [5.74, 6) is 12.6. The van der Waals surface area contributed by atoms with E-state index in [0.29, 0.717) is 0 Å². The number of hydrogen-bond acceptors (Lipinski definition) is 4. The molecule has 5 nitrogen and oxygen atoms in total. The first-order valence-corrected chi connectivity index (χ1v) is 1.12. The fraction of sp³-hybridized carbons (Fsp3) is 1.00. The van der Waals surface area contributed by atoms with Crippen molar-refractivity contribution in [1.29, 1.82) is 0 Å². The first-order valence-electron chi connectivity index (χ1n) is 1.12. The topological polar surface area (TPSA) is 122 Å². The minimum absolute atomic E-state index is 0. The number of hydrazine groups is 2. The maximum absolute atomic E-state index is 4.60. The summed E-state index contributed by atoms with van der Waals surface area (Å²) in [5.41, 5.74) is 2.25. The van der Waals surface area contributed by atoms with Gasteiger partial charge in [0.25, 0.3) is 0 Å². The predicted molar refractivity (Wildman–Crippen MR) is 25.2 cm³/mol. The van der Waals surface area contributed by atoms with E-state index in [1.165, 1.54) is 0 Å². The van der Waals surface area contributed by atoms with Crippen molar-refractivity contribution in [2.24, 2.45) is 17.5 Å². The number of hydrogen-bond donors (Lipinski definition) is 4. The van der Waals surface area contributed by atoms with Crippen LogP contribution in [0.25, 0.3) is 0 Å². The molecule has 0 fully saturated rings. The molecule has 0 unspecified atom stereocenters. The standard InChI is InChI=1S/CH6N2.H4N2.H2O/c1-3-2;1-2;/h3H,2H2,1H3;1-2H2;1H2. The van der Waals surface area contributed by atoms with Crippen LogP contribution >= 0.6 is 0 Å². The van der Waals surface area contributed by atoms with Gasteiger partial charge in [-0.15, -0.1) is 0 Å². The Bertz CT molecular complexity index is 7.51. The van der Waals surface area contributed by atoms with E-state index in [0.717, 1.165) is 0 Å². The van der Waals surface area contributed by atoms with Gasteiger partial charge >= 0.3 is 0 Å². The highest BCUT2D eigenvalue weighted by Crippen LogP contribution is 0.817. The highest BCUT2D eigenvalue weighted by molar-refractivity contribution is 3.79. The molecular formula is CH12N4O. The Morgan fingerprint density at radius 1 is 1.33 bits per heavy atom. The van der Waals surface area contributed by atoms with Crippen molar-refractivity contribution in [2.75, 3.05) is 7.05 Å². The van der Waals surface area contributed by atoms with E-state index in [9.17, 15) is 0 Å². The number of rotatable bonds is 0. The molecule has 0 amide bonds. The molecule has 0 spiro atoms. The van der Waals surface area contributed by atoms with Gasteiger partial charge in [0.15, 0.2) is 0 Å². The fourth-order valence-corrected chi connectivity index (χ4v) is 0. The summed E-state index contributed by atoms with van der Waals surface area (Å²) in [7, 11) is 1.65. The molecule has 0 aromatic heterocycles. The van der Waals surface area contributed by atoms with Crippen molar-refractivity contribution in [2.45, 2.75) is 0 Å². The van der Waals surface area contributed by atoms with Crippen LogP contribution in [0, 0.1) is 0 Å². The number of nitrogens with two attached hydrogens (primary N) is 3. The van der Waals surface area contributed by atoms with E-state index < -0.39 is 0 Å². The molecule has 0 aliphatic rings. The molecule has 0 heterocycles. The monoisotopic (exact) mass is 96.1 g/mol. The highest BCUT2D eigenvalue weighted by atomic mass is 16.0. The quantitative estimate of drug-likeness (QED) is 0.190. The average Bonchev–Trinajstić information content (AvgIpc) is 1.46. The van der Waals surface area contributed by atoms with Crippen LogP contribution in [0.4, 0.5) is 0 Å². The van der Waals surface area contributed by atoms with Gasteiger partial charge in [-0.1, -0.05) is 0 Å². The Labute approximate surface area is 36.7 Å². The van der Waals surface area contributed by atoms with Gasteiger partial charge in [0.1, 0.15) is 0 Å². The van der Waals surface area contributed by atoms with Crippen LogP contribution in [0.5, 0.6) is 0 Å². The van der Waals surface area contributed by atoms with Crippen LogP contribution in [0.3, 0.4) is 0 Å². The second-order valence-corrected chi connectivity index (χ2v) is 0.289. The summed E-state index contributed by atoms with van der Waals surface area (Å²) in [6.07, 6.45) is 0. The van der Waals surface area contributed by atoms with Crippen LogP contribution in [0.15, 0.2) is 0 Å². The van der Waals surface area contributed by atoms with Crippen molar-refractivity contribution in [1.82, 2.24) is 5.43 Å². The molecule has 0 aliphatic heterocycles. The lowest BCUT2D eigenvalue weighted by molar-refractivity contribution is 0.824. The van der Waals surface area contributed by atoms with Crippen molar-refractivity contribution in [3.8, 4) is 0 Å². The Hall–Kier alpha value is -0.200. The molecule has 0 radical (unpaired) electrons. The Morgan fingerprint density at radius 3 is 1.33 bits per heavy atom. The van der Waals surface area contributed by atoms with Crippen LogP contribution in [-0.4, -0.2) is 12.5 Å². The smallest absolute Gasteiger partial charge is 0.00172 e. The minimum Gasteiger partial charge on any atom is -0.412 e. The zero-order valence-corrected chi connectivity index (χ0v) is 3.73. The lowest BCUT2D eigenvalue weighted by Crippen LogP contribution is -2.13. The molecular weight excluding hydrogens is 84.0 g/mol.